The van der Waals surface area contributed by atoms with Gasteiger partial charge in [0, 0.05) is 12.4 Å². The zero-order chi connectivity index (χ0) is 18.1. The smallest absolute Gasteiger partial charge is 0.231 e. The van der Waals surface area contributed by atoms with Crippen molar-refractivity contribution in [1.82, 2.24) is 14.9 Å². The summed E-state index contributed by atoms with van der Waals surface area (Å²) in [4.78, 5) is 16.9. The molecule has 0 unspecified atom stereocenters. The van der Waals surface area contributed by atoms with Crippen LogP contribution in [-0.2, 0) is 11.8 Å². The van der Waals surface area contributed by atoms with E-state index in [1.165, 1.54) is 11.8 Å². The summed E-state index contributed by atoms with van der Waals surface area (Å²) in [6.45, 7) is 1.93. The third kappa shape index (κ3) is 3.20. The van der Waals surface area contributed by atoms with Gasteiger partial charge >= 0.3 is 0 Å². The Morgan fingerprint density at radius 1 is 1.23 bits per heavy atom. The molecule has 4 rings (SSSR count). The molecule has 1 N–H and O–H groups in total. The molecule has 2 aromatic heterocycles. The highest BCUT2D eigenvalue weighted by molar-refractivity contribution is 7.99. The number of furan rings is 1. The minimum Gasteiger partial charge on any atom is -0.459 e. The quantitative estimate of drug-likeness (QED) is 0.536. The molecule has 0 aliphatic heterocycles. The second-order valence-corrected chi connectivity index (χ2v) is 7.15. The zero-order valence-electron chi connectivity index (χ0n) is 14.6. The van der Waals surface area contributed by atoms with Crippen LogP contribution in [0.15, 0.2) is 64.2 Å². The first kappa shape index (κ1) is 16.7. The number of hydrogen-bond acceptors (Lipinski definition) is 4. The highest BCUT2D eigenvalue weighted by Crippen LogP contribution is 2.25. The summed E-state index contributed by atoms with van der Waals surface area (Å²) < 4.78 is 7.82. The fraction of sp³-hybridized carbons (Fsp3) is 0.200. The topological polar surface area (TPSA) is 60.1 Å². The zero-order valence-corrected chi connectivity index (χ0v) is 15.4. The minimum atomic E-state index is -0.184. The predicted molar refractivity (Wildman–Crippen MR) is 104 cm³/mol. The second kappa shape index (κ2) is 6.88. The predicted octanol–water partition coefficient (Wildman–Crippen LogP) is 4.29. The number of para-hydroxylation sites is 3. The molecule has 1 amide bonds. The van der Waals surface area contributed by atoms with E-state index < -0.39 is 0 Å². The van der Waals surface area contributed by atoms with Crippen molar-refractivity contribution in [2.75, 3.05) is 5.75 Å². The van der Waals surface area contributed by atoms with E-state index in [4.69, 9.17) is 4.42 Å². The number of nitrogens with one attached hydrogen (secondary N) is 1. The van der Waals surface area contributed by atoms with Gasteiger partial charge in [0.1, 0.15) is 11.3 Å². The summed E-state index contributed by atoms with van der Waals surface area (Å²) in [6, 6.07) is 17.6. The third-order valence-electron chi connectivity index (χ3n) is 4.33. The fourth-order valence-corrected chi connectivity index (χ4v) is 3.75. The molecule has 0 radical (unpaired) electrons. The number of carbonyl (C=O) groups is 1. The van der Waals surface area contributed by atoms with Crippen molar-refractivity contribution in [1.29, 1.82) is 0 Å². The number of carbonyl (C=O) groups excluding carboxylic acids is 1. The summed E-state index contributed by atoms with van der Waals surface area (Å²) in [6.07, 6.45) is 0. The number of aromatic nitrogens is 2. The largest absolute Gasteiger partial charge is 0.459 e. The molecule has 0 saturated heterocycles. The number of nitrogens with zero attached hydrogens (tertiary/aromatic N) is 2. The van der Waals surface area contributed by atoms with E-state index in [-0.39, 0.29) is 11.9 Å². The molecule has 6 heteroatoms. The molecule has 0 saturated carbocycles. The van der Waals surface area contributed by atoms with Gasteiger partial charge in [-0.3, -0.25) is 4.79 Å². The first-order valence-electron chi connectivity index (χ1n) is 8.44. The molecule has 0 aliphatic carbocycles. The first-order chi connectivity index (χ1) is 12.6. The van der Waals surface area contributed by atoms with Gasteiger partial charge in [-0.1, -0.05) is 42.1 Å². The molecule has 0 fully saturated rings. The summed E-state index contributed by atoms with van der Waals surface area (Å²) >= 11 is 1.43. The number of amides is 1. The Kier molecular flexibility index (Phi) is 4.42. The molecule has 0 spiro atoms. The van der Waals surface area contributed by atoms with Gasteiger partial charge in [0.05, 0.1) is 22.8 Å². The van der Waals surface area contributed by atoms with Gasteiger partial charge in [0.15, 0.2) is 5.16 Å². The van der Waals surface area contributed by atoms with Crippen molar-refractivity contribution in [3.05, 3.63) is 60.4 Å². The van der Waals surface area contributed by atoms with Gasteiger partial charge in [-0.2, -0.15) is 0 Å². The number of rotatable bonds is 5. The number of imidazole rings is 1. The summed E-state index contributed by atoms with van der Waals surface area (Å²) in [7, 11) is 1.96. The lowest BCUT2D eigenvalue weighted by atomic mass is 10.2. The van der Waals surface area contributed by atoms with Crippen molar-refractivity contribution in [3.8, 4) is 0 Å². The van der Waals surface area contributed by atoms with Crippen molar-refractivity contribution in [3.63, 3.8) is 0 Å². The average Bonchev–Trinajstić information content (AvgIpc) is 3.22. The van der Waals surface area contributed by atoms with Crippen LogP contribution in [0.5, 0.6) is 0 Å². The fourth-order valence-electron chi connectivity index (χ4n) is 2.95. The Labute approximate surface area is 155 Å². The number of benzene rings is 2. The van der Waals surface area contributed by atoms with Gasteiger partial charge in [-0.25, -0.2) is 4.98 Å². The van der Waals surface area contributed by atoms with E-state index in [9.17, 15) is 4.79 Å². The molecular weight excluding hydrogens is 346 g/mol. The van der Waals surface area contributed by atoms with Crippen molar-refractivity contribution >= 4 is 39.7 Å². The normalized spacial score (nSPS) is 12.5. The van der Waals surface area contributed by atoms with Crippen LogP contribution in [0.2, 0.25) is 0 Å². The Bertz CT molecular complexity index is 1050. The number of aryl methyl sites for hydroxylation is 1. The van der Waals surface area contributed by atoms with E-state index in [1.54, 1.807) is 0 Å². The maximum Gasteiger partial charge on any atom is 0.231 e. The molecule has 4 aromatic rings. The van der Waals surface area contributed by atoms with Gasteiger partial charge in [0.2, 0.25) is 5.91 Å². The van der Waals surface area contributed by atoms with Crippen molar-refractivity contribution < 1.29 is 9.21 Å². The molecule has 5 nitrogen and oxygen atoms in total. The van der Waals surface area contributed by atoms with Crippen LogP contribution in [0.1, 0.15) is 18.7 Å². The Hall–Kier alpha value is -2.73. The van der Waals surface area contributed by atoms with E-state index in [0.717, 1.165) is 32.9 Å². The van der Waals surface area contributed by atoms with Crippen LogP contribution in [0.25, 0.3) is 22.0 Å². The molecule has 2 aromatic carbocycles. The van der Waals surface area contributed by atoms with Crippen LogP contribution >= 0.6 is 11.8 Å². The Balaban J connectivity index is 1.40. The third-order valence-corrected chi connectivity index (χ3v) is 5.36. The molecule has 26 heavy (non-hydrogen) atoms. The number of fused-ring (bicyclic) bond motifs is 2. The summed E-state index contributed by atoms with van der Waals surface area (Å²) in [5.41, 5.74) is 2.83. The van der Waals surface area contributed by atoms with Crippen molar-refractivity contribution in [2.45, 2.75) is 18.1 Å². The van der Waals surface area contributed by atoms with Crippen LogP contribution < -0.4 is 5.32 Å². The van der Waals surface area contributed by atoms with Gasteiger partial charge in [-0.15, -0.1) is 0 Å². The first-order valence-corrected chi connectivity index (χ1v) is 9.42. The van der Waals surface area contributed by atoms with E-state index >= 15 is 0 Å². The molecule has 0 aliphatic rings. The SMILES string of the molecule is C[C@@H](NC(=O)CSc1nc2ccccc2n1C)c1cc2ccccc2o1. The average molecular weight is 365 g/mol. The molecule has 1 atom stereocenters. The number of hydrogen-bond donors (Lipinski definition) is 1. The van der Waals surface area contributed by atoms with E-state index in [2.05, 4.69) is 10.3 Å². The highest BCUT2D eigenvalue weighted by atomic mass is 32.2. The minimum absolute atomic E-state index is 0.0463. The Morgan fingerprint density at radius 3 is 2.81 bits per heavy atom. The standard InChI is InChI=1S/C20H19N3O2S/c1-13(18-11-14-7-3-6-10-17(14)25-18)21-19(24)12-26-20-22-15-8-4-5-9-16(15)23(20)2/h3-11,13H,12H2,1-2H3,(H,21,24)/t13-/m1/s1. The lowest BCUT2D eigenvalue weighted by molar-refractivity contribution is -0.119. The van der Waals surface area contributed by atoms with Crippen LogP contribution in [-0.4, -0.2) is 21.2 Å². The Morgan fingerprint density at radius 2 is 2.00 bits per heavy atom. The lowest BCUT2D eigenvalue weighted by Crippen LogP contribution is -2.28. The van der Waals surface area contributed by atoms with E-state index in [1.807, 2.05) is 73.1 Å². The van der Waals surface area contributed by atoms with Gasteiger partial charge in [0.25, 0.3) is 0 Å². The van der Waals surface area contributed by atoms with Crippen LogP contribution in [0.4, 0.5) is 0 Å². The molecule has 132 valence electrons. The molecular formula is C20H19N3O2S. The second-order valence-electron chi connectivity index (χ2n) is 6.21. The maximum absolute atomic E-state index is 12.3. The summed E-state index contributed by atoms with van der Waals surface area (Å²) in [5.74, 6) is 1.02. The molecule has 0 bridgehead atoms. The monoisotopic (exact) mass is 365 g/mol. The van der Waals surface area contributed by atoms with Gasteiger partial charge < -0.3 is 14.3 Å². The molecule has 2 heterocycles. The summed E-state index contributed by atoms with van der Waals surface area (Å²) in [5, 5.41) is 4.86. The number of thioether (sulfide) groups is 1. The van der Waals surface area contributed by atoms with Crippen LogP contribution in [0.3, 0.4) is 0 Å². The maximum atomic E-state index is 12.3. The van der Waals surface area contributed by atoms with Gasteiger partial charge in [-0.05, 0) is 31.2 Å². The van der Waals surface area contributed by atoms with Crippen LogP contribution in [0, 0.1) is 0 Å². The lowest BCUT2D eigenvalue weighted by Gasteiger charge is -2.11. The van der Waals surface area contributed by atoms with Crippen molar-refractivity contribution in [2.24, 2.45) is 7.05 Å². The highest BCUT2D eigenvalue weighted by Gasteiger charge is 2.15. The van der Waals surface area contributed by atoms with E-state index in [0.29, 0.717) is 5.75 Å².